The molecule has 4 rings (SSSR count). The fourth-order valence-electron chi connectivity index (χ4n) is 4.51. The first-order valence-corrected chi connectivity index (χ1v) is 10.7. The quantitative estimate of drug-likeness (QED) is 0.738. The molecule has 1 aliphatic carbocycles. The molecular formula is C24H25N3OS. The maximum absolute atomic E-state index is 13.4. The summed E-state index contributed by atoms with van der Waals surface area (Å²) in [6.45, 7) is 8.30. The highest BCUT2D eigenvalue weighted by Crippen LogP contribution is 2.51. The molecule has 1 atom stereocenters. The number of allylic oxidation sites excluding steroid dienone is 3. The van der Waals surface area contributed by atoms with Crippen LogP contribution >= 0.6 is 11.3 Å². The van der Waals surface area contributed by atoms with Crippen molar-refractivity contribution in [2.75, 3.05) is 4.90 Å². The third-order valence-electron chi connectivity index (χ3n) is 5.80. The molecule has 2 aliphatic rings. The van der Waals surface area contributed by atoms with Crippen LogP contribution in [0.2, 0.25) is 0 Å². The topological polar surface area (TPSA) is 70.1 Å². The van der Waals surface area contributed by atoms with E-state index in [1.807, 2.05) is 48.4 Å². The number of nitrogens with two attached hydrogens (primary N) is 1. The first-order valence-electron chi connectivity index (χ1n) is 9.80. The summed E-state index contributed by atoms with van der Waals surface area (Å²) < 4.78 is 0. The molecule has 0 saturated heterocycles. The Morgan fingerprint density at radius 3 is 2.62 bits per heavy atom. The summed E-state index contributed by atoms with van der Waals surface area (Å²) in [6, 6.07) is 12.4. The van der Waals surface area contributed by atoms with Gasteiger partial charge in [0.25, 0.3) is 0 Å². The zero-order valence-corrected chi connectivity index (χ0v) is 18.1. The number of thiophene rings is 1. The number of aryl methyl sites for hydroxylation is 2. The van der Waals surface area contributed by atoms with Crippen molar-refractivity contribution in [3.8, 4) is 6.07 Å². The van der Waals surface area contributed by atoms with Crippen molar-refractivity contribution in [2.45, 2.75) is 46.5 Å². The summed E-state index contributed by atoms with van der Waals surface area (Å²) in [4.78, 5) is 16.4. The van der Waals surface area contributed by atoms with E-state index in [0.717, 1.165) is 39.4 Å². The second-order valence-corrected chi connectivity index (χ2v) is 9.74. The summed E-state index contributed by atoms with van der Waals surface area (Å²) in [7, 11) is 0. The number of carbonyl (C=O) groups excluding carboxylic acids is 1. The van der Waals surface area contributed by atoms with E-state index in [0.29, 0.717) is 17.8 Å². The molecule has 0 fully saturated rings. The average Bonchev–Trinajstić information content (AvgIpc) is 3.05. The molecule has 0 radical (unpaired) electrons. The van der Waals surface area contributed by atoms with Crippen molar-refractivity contribution >= 4 is 22.8 Å². The fraction of sp³-hybridized carbons (Fsp3) is 0.333. The Balaban J connectivity index is 2.02. The number of hydrogen-bond donors (Lipinski definition) is 1. The van der Waals surface area contributed by atoms with Crippen LogP contribution in [-0.2, 0) is 4.79 Å². The van der Waals surface area contributed by atoms with Crippen molar-refractivity contribution in [3.05, 3.63) is 74.4 Å². The highest BCUT2D eigenvalue weighted by Gasteiger charge is 2.45. The summed E-state index contributed by atoms with van der Waals surface area (Å²) >= 11 is 1.59. The monoisotopic (exact) mass is 403 g/mol. The molecule has 0 bridgehead atoms. The number of benzene rings is 1. The zero-order chi connectivity index (χ0) is 20.9. The van der Waals surface area contributed by atoms with Gasteiger partial charge in [-0.25, -0.2) is 0 Å². The van der Waals surface area contributed by atoms with Crippen molar-refractivity contribution in [1.82, 2.24) is 0 Å². The van der Waals surface area contributed by atoms with Gasteiger partial charge in [0, 0.05) is 28.3 Å². The molecule has 4 nitrogen and oxygen atoms in total. The highest BCUT2D eigenvalue weighted by molar-refractivity contribution is 7.10. The van der Waals surface area contributed by atoms with Crippen LogP contribution in [0.5, 0.6) is 0 Å². The minimum atomic E-state index is -0.375. The molecule has 0 saturated carbocycles. The smallest absolute Gasteiger partial charge is 0.162 e. The summed E-state index contributed by atoms with van der Waals surface area (Å²) in [5, 5.41) is 12.1. The molecular weight excluding hydrogens is 378 g/mol. The fourth-order valence-corrected chi connectivity index (χ4v) is 5.56. The molecule has 0 amide bonds. The van der Waals surface area contributed by atoms with Crippen molar-refractivity contribution in [2.24, 2.45) is 11.1 Å². The maximum atomic E-state index is 13.4. The van der Waals surface area contributed by atoms with Crippen LogP contribution in [0.3, 0.4) is 0 Å². The van der Waals surface area contributed by atoms with E-state index in [2.05, 4.69) is 26.0 Å². The average molecular weight is 404 g/mol. The van der Waals surface area contributed by atoms with Gasteiger partial charge in [0.05, 0.1) is 17.6 Å². The van der Waals surface area contributed by atoms with Gasteiger partial charge < -0.3 is 5.73 Å². The number of nitriles is 1. The SMILES string of the molecule is Cc1cccc(N2C(N)=C(C#N)[C@@H](c3sccc3C)C3=C2CC(C)(C)CC3=O)c1. The molecule has 2 N–H and O–H groups in total. The number of ketones is 1. The van der Waals surface area contributed by atoms with Crippen molar-refractivity contribution in [3.63, 3.8) is 0 Å². The van der Waals surface area contributed by atoms with Gasteiger partial charge in [-0.15, -0.1) is 11.3 Å². The van der Waals surface area contributed by atoms with E-state index in [4.69, 9.17) is 5.73 Å². The first kappa shape index (κ1) is 19.5. The lowest BCUT2D eigenvalue weighted by atomic mass is 9.69. The number of nitrogens with zero attached hydrogens (tertiary/aromatic N) is 2. The van der Waals surface area contributed by atoms with Crippen LogP contribution < -0.4 is 10.6 Å². The minimum absolute atomic E-state index is 0.118. The van der Waals surface area contributed by atoms with Gasteiger partial charge in [-0.2, -0.15) is 5.26 Å². The predicted molar refractivity (Wildman–Crippen MR) is 117 cm³/mol. The third kappa shape index (κ3) is 3.18. The lowest BCUT2D eigenvalue weighted by molar-refractivity contribution is -0.118. The normalized spacial score (nSPS) is 21.3. The van der Waals surface area contributed by atoms with Crippen LogP contribution in [0.25, 0.3) is 0 Å². The lowest BCUT2D eigenvalue weighted by Crippen LogP contribution is -2.42. The highest BCUT2D eigenvalue weighted by atomic mass is 32.1. The molecule has 0 spiro atoms. The lowest BCUT2D eigenvalue weighted by Gasteiger charge is -2.43. The van der Waals surface area contributed by atoms with Crippen LogP contribution in [0.15, 0.2) is 58.4 Å². The van der Waals surface area contributed by atoms with E-state index in [9.17, 15) is 10.1 Å². The van der Waals surface area contributed by atoms with Crippen LogP contribution in [0, 0.1) is 30.6 Å². The first-order chi connectivity index (χ1) is 13.7. The van der Waals surface area contributed by atoms with Gasteiger partial charge >= 0.3 is 0 Å². The Labute approximate surface area is 176 Å². The van der Waals surface area contributed by atoms with E-state index < -0.39 is 0 Å². The second-order valence-electron chi connectivity index (χ2n) is 8.79. The Morgan fingerprint density at radius 2 is 2.00 bits per heavy atom. The molecule has 1 aliphatic heterocycles. The largest absolute Gasteiger partial charge is 0.384 e. The third-order valence-corrected chi connectivity index (χ3v) is 6.89. The summed E-state index contributed by atoms with van der Waals surface area (Å²) in [6.07, 6.45) is 1.22. The van der Waals surface area contributed by atoms with Gasteiger partial charge in [0.15, 0.2) is 5.78 Å². The van der Waals surface area contributed by atoms with Gasteiger partial charge in [0.1, 0.15) is 5.82 Å². The number of anilines is 1. The zero-order valence-electron chi connectivity index (χ0n) is 17.2. The van der Waals surface area contributed by atoms with Gasteiger partial charge in [0.2, 0.25) is 0 Å². The molecule has 0 unspecified atom stereocenters. The molecule has 1 aromatic heterocycles. The number of rotatable bonds is 2. The minimum Gasteiger partial charge on any atom is -0.384 e. The van der Waals surface area contributed by atoms with Gasteiger partial charge in [-0.1, -0.05) is 26.0 Å². The molecule has 1 aromatic carbocycles. The predicted octanol–water partition coefficient (Wildman–Crippen LogP) is 5.31. The second kappa shape index (κ2) is 6.89. The number of carbonyl (C=O) groups is 1. The summed E-state index contributed by atoms with van der Waals surface area (Å²) in [5.41, 5.74) is 11.7. The van der Waals surface area contributed by atoms with Crippen molar-refractivity contribution < 1.29 is 4.79 Å². The van der Waals surface area contributed by atoms with E-state index >= 15 is 0 Å². The van der Waals surface area contributed by atoms with Gasteiger partial charge in [-0.3, -0.25) is 9.69 Å². The van der Waals surface area contributed by atoms with Gasteiger partial charge in [-0.05, 0) is 60.4 Å². The standard InChI is InChI=1S/C24H25N3OS/c1-14-6-5-7-16(10-14)27-18-11-24(3,4)12-19(28)21(18)20(17(13-25)23(27)26)22-15(2)8-9-29-22/h5-10,20H,11-12,26H2,1-4H3/t20-/m1/s1. The van der Waals surface area contributed by atoms with E-state index in [-0.39, 0.29) is 17.1 Å². The Morgan fingerprint density at radius 1 is 1.24 bits per heavy atom. The Bertz CT molecular complexity index is 1110. The maximum Gasteiger partial charge on any atom is 0.162 e. The molecule has 2 heterocycles. The van der Waals surface area contributed by atoms with Crippen LogP contribution in [0.4, 0.5) is 5.69 Å². The van der Waals surface area contributed by atoms with E-state index in [1.54, 1.807) is 11.3 Å². The molecule has 5 heteroatoms. The summed E-state index contributed by atoms with van der Waals surface area (Å²) in [5.74, 6) is 0.173. The Hall–Kier alpha value is -2.84. The van der Waals surface area contributed by atoms with E-state index in [1.165, 1.54) is 0 Å². The van der Waals surface area contributed by atoms with Crippen LogP contribution in [-0.4, -0.2) is 5.78 Å². The number of hydrogen-bond acceptors (Lipinski definition) is 5. The Kier molecular flexibility index (Phi) is 4.63. The molecule has 148 valence electrons. The van der Waals surface area contributed by atoms with Crippen LogP contribution in [0.1, 0.15) is 48.6 Å². The van der Waals surface area contributed by atoms with Crippen molar-refractivity contribution in [1.29, 1.82) is 5.26 Å². The number of Topliss-reactive ketones (excluding diaryl/α,β-unsaturated/α-hetero) is 1. The molecule has 29 heavy (non-hydrogen) atoms. The molecule has 2 aromatic rings.